The van der Waals surface area contributed by atoms with Crippen LogP contribution in [0, 0.1) is 11.8 Å². The number of hydrogen-bond acceptors (Lipinski definition) is 0. The van der Waals surface area contributed by atoms with Crippen LogP contribution in [0.5, 0.6) is 0 Å². The Morgan fingerprint density at radius 1 is 1.42 bits per heavy atom. The molecule has 0 spiro atoms. The van der Waals surface area contributed by atoms with Crippen molar-refractivity contribution in [1.29, 1.82) is 0 Å². The summed E-state index contributed by atoms with van der Waals surface area (Å²) >= 11 is 0. The Hall–Kier alpha value is -0.780. The molecule has 64 valence electrons. The molecule has 0 radical (unpaired) electrons. The summed E-state index contributed by atoms with van der Waals surface area (Å²) in [6.45, 7) is 6.26. The van der Waals surface area contributed by atoms with Gasteiger partial charge in [-0.1, -0.05) is 36.0 Å². The van der Waals surface area contributed by atoms with Gasteiger partial charge in [0.15, 0.2) is 0 Å². The first-order chi connectivity index (χ1) is 5.75. The van der Waals surface area contributed by atoms with Crippen molar-refractivity contribution in [2.24, 2.45) is 11.8 Å². The van der Waals surface area contributed by atoms with E-state index in [-0.39, 0.29) is 0 Å². The second kappa shape index (κ2) is 2.93. The van der Waals surface area contributed by atoms with Gasteiger partial charge in [-0.15, -0.1) is 0 Å². The molecular weight excluding hydrogens is 144 g/mol. The monoisotopic (exact) mass is 160 g/mol. The summed E-state index contributed by atoms with van der Waals surface area (Å²) in [4.78, 5) is 0. The molecule has 0 aliphatic heterocycles. The van der Waals surface area contributed by atoms with Gasteiger partial charge in [0.1, 0.15) is 0 Å². The molecule has 0 heterocycles. The first kappa shape index (κ1) is 7.85. The summed E-state index contributed by atoms with van der Waals surface area (Å²) in [5, 5.41) is 0. The molecule has 0 N–H and O–H groups in total. The molecule has 0 heteroatoms. The van der Waals surface area contributed by atoms with Crippen LogP contribution in [-0.4, -0.2) is 0 Å². The van der Waals surface area contributed by atoms with Crippen LogP contribution in [0.1, 0.15) is 26.2 Å². The summed E-state index contributed by atoms with van der Waals surface area (Å²) in [6.07, 6.45) is 10.8. The van der Waals surface area contributed by atoms with E-state index in [4.69, 9.17) is 0 Å². The maximum Gasteiger partial charge on any atom is -0.0130 e. The average Bonchev–Trinajstić information content (AvgIpc) is 2.05. The Bertz CT molecular complexity index is 255. The minimum Gasteiger partial charge on any atom is -0.0998 e. The highest BCUT2D eigenvalue weighted by molar-refractivity contribution is 5.26. The van der Waals surface area contributed by atoms with Crippen molar-refractivity contribution < 1.29 is 0 Å². The van der Waals surface area contributed by atoms with E-state index in [1.807, 2.05) is 0 Å². The van der Waals surface area contributed by atoms with E-state index in [9.17, 15) is 0 Å². The van der Waals surface area contributed by atoms with Crippen molar-refractivity contribution in [2.75, 3.05) is 0 Å². The lowest BCUT2D eigenvalue weighted by atomic mass is 9.74. The predicted octanol–water partition coefficient (Wildman–Crippen LogP) is 3.48. The largest absolute Gasteiger partial charge is 0.0998 e. The summed E-state index contributed by atoms with van der Waals surface area (Å²) in [5.41, 5.74) is 2.87. The van der Waals surface area contributed by atoms with E-state index in [1.54, 1.807) is 0 Å². The third kappa shape index (κ3) is 1.38. The lowest BCUT2D eigenvalue weighted by Gasteiger charge is -2.31. The van der Waals surface area contributed by atoms with Gasteiger partial charge in [0.05, 0.1) is 0 Å². The maximum atomic E-state index is 4.07. The van der Waals surface area contributed by atoms with Crippen LogP contribution in [0.2, 0.25) is 0 Å². The molecule has 2 unspecified atom stereocenters. The van der Waals surface area contributed by atoms with Gasteiger partial charge in [-0.3, -0.25) is 0 Å². The van der Waals surface area contributed by atoms with Gasteiger partial charge in [0.2, 0.25) is 0 Å². The summed E-state index contributed by atoms with van der Waals surface area (Å²) in [5.74, 6) is 1.57. The fourth-order valence-corrected chi connectivity index (χ4v) is 2.26. The van der Waals surface area contributed by atoms with Crippen molar-refractivity contribution >= 4 is 0 Å². The Balaban J connectivity index is 2.15. The minimum atomic E-state index is 0.759. The SMILES string of the molecule is C=C1CCC2C=C(C)C=CC2C1. The molecule has 0 aromatic rings. The van der Waals surface area contributed by atoms with E-state index in [2.05, 4.69) is 31.7 Å². The lowest BCUT2D eigenvalue weighted by molar-refractivity contribution is 0.389. The van der Waals surface area contributed by atoms with Crippen molar-refractivity contribution in [3.8, 4) is 0 Å². The van der Waals surface area contributed by atoms with Crippen LogP contribution in [0.3, 0.4) is 0 Å². The molecule has 1 saturated carbocycles. The number of rotatable bonds is 0. The summed E-state index contributed by atoms with van der Waals surface area (Å²) in [7, 11) is 0. The minimum absolute atomic E-state index is 0.759. The Kier molecular flexibility index (Phi) is 1.92. The lowest BCUT2D eigenvalue weighted by Crippen LogP contribution is -2.19. The van der Waals surface area contributed by atoms with Gasteiger partial charge >= 0.3 is 0 Å². The number of allylic oxidation sites excluding steroid dienone is 5. The van der Waals surface area contributed by atoms with E-state index in [0.29, 0.717) is 0 Å². The van der Waals surface area contributed by atoms with Crippen molar-refractivity contribution in [2.45, 2.75) is 26.2 Å². The molecule has 0 saturated heterocycles. The quantitative estimate of drug-likeness (QED) is 0.476. The van der Waals surface area contributed by atoms with Gasteiger partial charge in [-0.25, -0.2) is 0 Å². The second-order valence-corrected chi connectivity index (χ2v) is 4.09. The van der Waals surface area contributed by atoms with Crippen LogP contribution in [0.15, 0.2) is 36.0 Å². The predicted molar refractivity (Wildman–Crippen MR) is 52.9 cm³/mol. The van der Waals surface area contributed by atoms with Gasteiger partial charge in [-0.2, -0.15) is 0 Å². The van der Waals surface area contributed by atoms with Gasteiger partial charge in [0.25, 0.3) is 0 Å². The molecule has 2 atom stereocenters. The molecule has 0 bridgehead atoms. The third-order valence-electron chi connectivity index (χ3n) is 2.99. The zero-order valence-electron chi connectivity index (χ0n) is 7.72. The first-order valence-corrected chi connectivity index (χ1v) is 4.79. The second-order valence-electron chi connectivity index (χ2n) is 4.09. The molecule has 2 aliphatic carbocycles. The molecule has 2 aliphatic rings. The average molecular weight is 160 g/mol. The van der Waals surface area contributed by atoms with Crippen LogP contribution >= 0.6 is 0 Å². The Morgan fingerprint density at radius 3 is 3.08 bits per heavy atom. The number of fused-ring (bicyclic) bond motifs is 1. The fraction of sp³-hybridized carbons (Fsp3) is 0.500. The molecule has 1 fully saturated rings. The Morgan fingerprint density at radius 2 is 2.25 bits per heavy atom. The van der Waals surface area contributed by atoms with Crippen molar-refractivity contribution in [1.82, 2.24) is 0 Å². The molecule has 0 amide bonds. The zero-order chi connectivity index (χ0) is 8.55. The molecule has 0 aromatic carbocycles. The highest BCUT2D eigenvalue weighted by Crippen LogP contribution is 2.37. The van der Waals surface area contributed by atoms with Gasteiger partial charge < -0.3 is 0 Å². The van der Waals surface area contributed by atoms with Crippen LogP contribution < -0.4 is 0 Å². The zero-order valence-corrected chi connectivity index (χ0v) is 7.72. The maximum absolute atomic E-state index is 4.07. The first-order valence-electron chi connectivity index (χ1n) is 4.79. The highest BCUT2D eigenvalue weighted by atomic mass is 14.3. The van der Waals surface area contributed by atoms with Crippen LogP contribution in [0.25, 0.3) is 0 Å². The van der Waals surface area contributed by atoms with E-state index >= 15 is 0 Å². The van der Waals surface area contributed by atoms with E-state index in [1.165, 1.54) is 30.4 Å². The third-order valence-corrected chi connectivity index (χ3v) is 2.99. The summed E-state index contributed by atoms with van der Waals surface area (Å²) < 4.78 is 0. The van der Waals surface area contributed by atoms with E-state index in [0.717, 1.165) is 11.8 Å². The normalized spacial score (nSPS) is 34.4. The molecule has 2 rings (SSSR count). The van der Waals surface area contributed by atoms with Crippen LogP contribution in [0.4, 0.5) is 0 Å². The Labute approximate surface area is 74.7 Å². The molecule has 0 aromatic heterocycles. The van der Waals surface area contributed by atoms with Gasteiger partial charge in [-0.05, 0) is 38.0 Å². The fourth-order valence-electron chi connectivity index (χ4n) is 2.26. The molecular formula is C12H16. The van der Waals surface area contributed by atoms with Crippen molar-refractivity contribution in [3.63, 3.8) is 0 Å². The van der Waals surface area contributed by atoms with E-state index < -0.39 is 0 Å². The topological polar surface area (TPSA) is 0 Å². The number of hydrogen-bond donors (Lipinski definition) is 0. The highest BCUT2D eigenvalue weighted by Gasteiger charge is 2.24. The standard InChI is InChI=1S/C12H16/c1-9-3-5-12-8-10(2)4-6-11(12)7-9/h4,6,8,11-12H,1,3,5,7H2,2H3. The van der Waals surface area contributed by atoms with Crippen molar-refractivity contribution in [3.05, 3.63) is 36.0 Å². The van der Waals surface area contributed by atoms with Crippen LogP contribution in [-0.2, 0) is 0 Å². The molecule has 12 heavy (non-hydrogen) atoms. The van der Waals surface area contributed by atoms with Gasteiger partial charge in [0, 0.05) is 0 Å². The smallest absolute Gasteiger partial charge is 0.0130 e. The summed E-state index contributed by atoms with van der Waals surface area (Å²) in [6, 6.07) is 0. The molecule has 0 nitrogen and oxygen atoms in total.